The first-order valence-electron chi connectivity index (χ1n) is 4.44. The van der Waals surface area contributed by atoms with E-state index in [1.807, 2.05) is 0 Å². The minimum atomic E-state index is -1.16. The Morgan fingerprint density at radius 1 is 1.46 bits per heavy atom. The fourth-order valence-corrected chi connectivity index (χ4v) is 1.02. The van der Waals surface area contributed by atoms with E-state index in [0.717, 1.165) is 6.07 Å². The third kappa shape index (κ3) is 1.62. The quantitative estimate of drug-likeness (QED) is 0.752. The van der Waals surface area contributed by atoms with Gasteiger partial charge in [0, 0.05) is 13.1 Å². The lowest BCUT2D eigenvalue weighted by atomic mass is 10.2. The molecule has 0 atom stereocenters. The van der Waals surface area contributed by atoms with E-state index < -0.39 is 17.7 Å². The lowest BCUT2D eigenvalue weighted by molar-refractivity contribution is 0.135. The maximum Gasteiger partial charge on any atom is 0.200 e. The first kappa shape index (κ1) is 7.26. The van der Waals surface area contributed by atoms with Crippen molar-refractivity contribution < 1.29 is 14.9 Å². The van der Waals surface area contributed by atoms with Crippen LogP contribution in [0.15, 0.2) is 18.2 Å². The van der Waals surface area contributed by atoms with E-state index in [4.69, 9.17) is 6.11 Å². The maximum atomic E-state index is 13.1. The summed E-state index contributed by atoms with van der Waals surface area (Å²) in [6.45, 7) is 0.645. The molecule has 1 saturated heterocycles. The highest BCUT2D eigenvalue weighted by atomic mass is 19.2. The minimum Gasteiger partial charge on any atom is -0.485 e. The van der Waals surface area contributed by atoms with Crippen LogP contribution in [0.1, 0.15) is 1.37 Å². The molecule has 13 heavy (non-hydrogen) atoms. The van der Waals surface area contributed by atoms with Crippen LogP contribution in [0.3, 0.4) is 0 Å². The van der Waals surface area contributed by atoms with Gasteiger partial charge in [-0.15, -0.1) is 0 Å². The molecule has 0 saturated carbocycles. The summed E-state index contributed by atoms with van der Waals surface area (Å²) in [5.41, 5.74) is 0. The summed E-state index contributed by atoms with van der Waals surface area (Å²) in [6, 6.07) is 3.67. The van der Waals surface area contributed by atoms with E-state index >= 15 is 0 Å². The molecule has 0 radical (unpaired) electrons. The van der Waals surface area contributed by atoms with Crippen LogP contribution in [0.2, 0.25) is 0 Å². The van der Waals surface area contributed by atoms with Crippen LogP contribution in [0, 0.1) is 11.6 Å². The molecule has 2 nitrogen and oxygen atoms in total. The van der Waals surface area contributed by atoms with Gasteiger partial charge >= 0.3 is 0 Å². The lowest BCUT2D eigenvalue weighted by Crippen LogP contribution is -2.50. The molecule has 0 amide bonds. The second kappa shape index (κ2) is 3.30. The van der Waals surface area contributed by atoms with Crippen molar-refractivity contribution in [3.05, 3.63) is 29.8 Å². The highest BCUT2D eigenvalue weighted by Crippen LogP contribution is 2.20. The zero-order valence-corrected chi connectivity index (χ0v) is 6.81. The summed E-state index contributed by atoms with van der Waals surface area (Å²) in [4.78, 5) is 0. The van der Waals surface area contributed by atoms with Crippen molar-refractivity contribution in [2.45, 2.75) is 6.08 Å². The number of rotatable bonds is 2. The predicted molar refractivity (Wildman–Crippen MR) is 43.6 cm³/mol. The highest BCUT2D eigenvalue weighted by molar-refractivity contribution is 5.25. The first-order valence-corrected chi connectivity index (χ1v) is 3.94. The first-order chi connectivity index (χ1) is 6.61. The van der Waals surface area contributed by atoms with Gasteiger partial charge in [-0.3, -0.25) is 0 Å². The topological polar surface area (TPSA) is 21.3 Å². The highest BCUT2D eigenvalue weighted by Gasteiger charge is 2.20. The molecule has 0 aliphatic carbocycles. The van der Waals surface area contributed by atoms with E-state index in [0.29, 0.717) is 13.1 Å². The van der Waals surface area contributed by atoms with E-state index in [1.54, 1.807) is 0 Å². The number of ether oxygens (including phenoxy) is 1. The lowest BCUT2D eigenvalue weighted by Gasteiger charge is -2.27. The van der Waals surface area contributed by atoms with Gasteiger partial charge in [0.05, 0.1) is 1.37 Å². The average Bonchev–Trinajstić information content (AvgIpc) is 2.10. The minimum absolute atomic E-state index is 0.207. The number of benzene rings is 1. The molecule has 2 rings (SSSR count). The Labute approximate surface area is 75.9 Å². The molecule has 0 spiro atoms. The van der Waals surface area contributed by atoms with Gasteiger partial charge in [-0.1, -0.05) is 6.07 Å². The number of nitrogens with one attached hydrogen (secondary N) is 1. The van der Waals surface area contributed by atoms with Crippen molar-refractivity contribution in [2.75, 3.05) is 13.1 Å². The van der Waals surface area contributed by atoms with Crippen molar-refractivity contribution in [3.8, 4) is 5.75 Å². The molecule has 0 aromatic heterocycles. The van der Waals surface area contributed by atoms with Crippen LogP contribution in [0.4, 0.5) is 8.78 Å². The molecule has 1 aromatic carbocycles. The van der Waals surface area contributed by atoms with Crippen LogP contribution in [-0.2, 0) is 0 Å². The Kier molecular flexibility index (Phi) is 1.84. The molecule has 1 heterocycles. The van der Waals surface area contributed by atoms with Crippen molar-refractivity contribution in [3.63, 3.8) is 0 Å². The molecule has 1 fully saturated rings. The normalized spacial score (nSPS) is 20.3. The SMILES string of the molecule is [2H]C1(Oc2cccc(F)c2F)CNC1. The van der Waals surface area contributed by atoms with Gasteiger partial charge < -0.3 is 10.1 Å². The van der Waals surface area contributed by atoms with Crippen molar-refractivity contribution in [2.24, 2.45) is 0 Å². The Balaban J connectivity index is 2.20. The third-order valence-electron chi connectivity index (χ3n) is 1.81. The van der Waals surface area contributed by atoms with Crippen molar-refractivity contribution in [1.29, 1.82) is 0 Å². The van der Waals surface area contributed by atoms with Gasteiger partial charge in [0.15, 0.2) is 11.6 Å². The van der Waals surface area contributed by atoms with Gasteiger partial charge in [0.25, 0.3) is 0 Å². The Morgan fingerprint density at radius 2 is 2.23 bits per heavy atom. The molecule has 0 bridgehead atoms. The summed E-state index contributed by atoms with van der Waals surface area (Å²) < 4.78 is 38.5. The van der Waals surface area contributed by atoms with Crippen LogP contribution in [0.25, 0.3) is 0 Å². The maximum absolute atomic E-state index is 13.1. The van der Waals surface area contributed by atoms with Crippen LogP contribution in [0.5, 0.6) is 5.75 Å². The Morgan fingerprint density at radius 3 is 2.85 bits per heavy atom. The summed E-state index contributed by atoms with van der Waals surface area (Å²) in [5, 5.41) is 2.83. The number of halogens is 2. The predicted octanol–water partition coefficient (Wildman–Crippen LogP) is 1.32. The zero-order valence-electron chi connectivity index (χ0n) is 7.81. The van der Waals surface area contributed by atoms with Gasteiger partial charge in [0.1, 0.15) is 6.08 Å². The second-order valence-corrected chi connectivity index (χ2v) is 2.80. The number of hydrogen-bond acceptors (Lipinski definition) is 2. The summed E-state index contributed by atoms with van der Waals surface area (Å²) in [7, 11) is 0. The Hall–Kier alpha value is -1.16. The second-order valence-electron chi connectivity index (χ2n) is 2.80. The molecular weight excluding hydrogens is 176 g/mol. The summed E-state index contributed by atoms with van der Waals surface area (Å²) in [5.74, 6) is -2.20. The van der Waals surface area contributed by atoms with Gasteiger partial charge in [-0.2, -0.15) is 4.39 Å². The molecule has 0 unspecified atom stereocenters. The van der Waals surface area contributed by atoms with Crippen LogP contribution in [-0.4, -0.2) is 19.2 Å². The molecule has 70 valence electrons. The van der Waals surface area contributed by atoms with Gasteiger partial charge in [-0.25, -0.2) is 4.39 Å². The summed E-state index contributed by atoms with van der Waals surface area (Å²) >= 11 is 0. The molecule has 1 aliphatic heterocycles. The van der Waals surface area contributed by atoms with Crippen LogP contribution < -0.4 is 10.1 Å². The molecule has 1 aromatic rings. The average molecular weight is 186 g/mol. The van der Waals surface area contributed by atoms with E-state index in [-0.39, 0.29) is 5.75 Å². The fraction of sp³-hybridized carbons (Fsp3) is 0.333. The van der Waals surface area contributed by atoms with E-state index in [9.17, 15) is 8.78 Å². The van der Waals surface area contributed by atoms with Crippen molar-refractivity contribution in [1.82, 2.24) is 5.32 Å². The van der Waals surface area contributed by atoms with Crippen LogP contribution >= 0.6 is 0 Å². The molecular formula is C9H9F2NO. The van der Waals surface area contributed by atoms with E-state index in [2.05, 4.69) is 5.32 Å². The summed E-state index contributed by atoms with van der Waals surface area (Å²) in [6.07, 6.45) is -1.16. The van der Waals surface area contributed by atoms with Crippen molar-refractivity contribution >= 4 is 0 Å². The smallest absolute Gasteiger partial charge is 0.200 e. The zero-order chi connectivity index (χ0) is 10.2. The van der Waals surface area contributed by atoms with Gasteiger partial charge in [-0.05, 0) is 12.1 Å². The number of hydrogen-bond donors (Lipinski definition) is 1. The molecule has 4 heteroatoms. The van der Waals surface area contributed by atoms with E-state index in [1.165, 1.54) is 12.1 Å². The fourth-order valence-electron chi connectivity index (χ4n) is 1.02. The molecule has 1 N–H and O–H groups in total. The molecule has 1 aliphatic rings. The third-order valence-corrected chi connectivity index (χ3v) is 1.81. The largest absolute Gasteiger partial charge is 0.485 e. The van der Waals surface area contributed by atoms with Gasteiger partial charge in [0.2, 0.25) is 5.82 Å². The standard InChI is InChI=1S/C9H9F2NO/c10-7-2-1-3-8(9(7)11)13-6-4-12-5-6/h1-3,6,12H,4-5H2/i6D. The Bertz CT molecular complexity index is 355. The monoisotopic (exact) mass is 186 g/mol.